The second-order valence-electron chi connectivity index (χ2n) is 4.62. The van der Waals surface area contributed by atoms with Crippen LogP contribution in [0.3, 0.4) is 0 Å². The Morgan fingerprint density at radius 3 is 2.85 bits per heavy atom. The van der Waals surface area contributed by atoms with Crippen LogP contribution in [0.4, 0.5) is 0 Å². The van der Waals surface area contributed by atoms with Gasteiger partial charge in [-0.15, -0.1) is 0 Å². The predicted molar refractivity (Wildman–Crippen MR) is 49.6 cm³/mol. The standard InChI is InChI=1S/C9H14O3Si/c10-8-9(1-2-11-8)4-5-6(13)3-7(9)12-5/h5-7H,1-4H2,13H3. The number of esters is 1. The van der Waals surface area contributed by atoms with Crippen molar-refractivity contribution < 1.29 is 14.3 Å². The van der Waals surface area contributed by atoms with Gasteiger partial charge < -0.3 is 9.47 Å². The lowest BCUT2D eigenvalue weighted by Gasteiger charge is -2.28. The van der Waals surface area contributed by atoms with E-state index in [1.54, 1.807) is 0 Å². The Morgan fingerprint density at radius 1 is 1.54 bits per heavy atom. The minimum Gasteiger partial charge on any atom is -0.465 e. The Hall–Kier alpha value is -0.353. The summed E-state index contributed by atoms with van der Waals surface area (Å²) in [6, 6.07) is 0. The van der Waals surface area contributed by atoms with Gasteiger partial charge in [0.15, 0.2) is 0 Å². The van der Waals surface area contributed by atoms with Gasteiger partial charge >= 0.3 is 5.97 Å². The molecule has 3 nitrogen and oxygen atoms in total. The van der Waals surface area contributed by atoms with Crippen LogP contribution in [-0.2, 0) is 14.3 Å². The zero-order valence-corrected chi connectivity index (χ0v) is 9.79. The zero-order chi connectivity index (χ0) is 9.05. The van der Waals surface area contributed by atoms with Crippen molar-refractivity contribution in [2.45, 2.75) is 37.0 Å². The van der Waals surface area contributed by atoms with Gasteiger partial charge in [-0.2, -0.15) is 0 Å². The van der Waals surface area contributed by atoms with Crippen molar-refractivity contribution >= 4 is 16.2 Å². The van der Waals surface area contributed by atoms with E-state index in [-0.39, 0.29) is 17.5 Å². The summed E-state index contributed by atoms with van der Waals surface area (Å²) >= 11 is 0. The third-order valence-corrected chi connectivity index (χ3v) is 5.14. The van der Waals surface area contributed by atoms with Crippen LogP contribution in [0.15, 0.2) is 0 Å². The maximum atomic E-state index is 11.6. The highest BCUT2D eigenvalue weighted by Crippen LogP contribution is 2.55. The van der Waals surface area contributed by atoms with E-state index in [2.05, 4.69) is 0 Å². The van der Waals surface area contributed by atoms with Gasteiger partial charge in [-0.25, -0.2) is 0 Å². The maximum absolute atomic E-state index is 11.6. The molecule has 13 heavy (non-hydrogen) atoms. The topological polar surface area (TPSA) is 35.5 Å². The minimum absolute atomic E-state index is 0.00793. The molecule has 0 N–H and O–H groups in total. The Labute approximate surface area is 80.2 Å². The summed E-state index contributed by atoms with van der Waals surface area (Å²) in [6.45, 7) is 0.608. The van der Waals surface area contributed by atoms with Crippen LogP contribution in [0, 0.1) is 5.41 Å². The van der Waals surface area contributed by atoms with Crippen LogP contribution in [0.25, 0.3) is 0 Å². The summed E-state index contributed by atoms with van der Waals surface area (Å²) in [5.74, 6) is 0.00793. The van der Waals surface area contributed by atoms with Gasteiger partial charge in [-0.05, 0) is 18.4 Å². The van der Waals surface area contributed by atoms with Gasteiger partial charge in [-0.1, -0.05) is 0 Å². The Bertz CT molecular complexity index is 266. The van der Waals surface area contributed by atoms with Crippen LogP contribution in [0.1, 0.15) is 19.3 Å². The molecule has 0 radical (unpaired) electrons. The largest absolute Gasteiger partial charge is 0.465 e. The maximum Gasteiger partial charge on any atom is 0.314 e. The fraction of sp³-hybridized carbons (Fsp3) is 0.889. The quantitative estimate of drug-likeness (QED) is 0.394. The summed E-state index contributed by atoms with van der Waals surface area (Å²) in [4.78, 5) is 11.6. The fourth-order valence-electron chi connectivity index (χ4n) is 3.04. The van der Waals surface area contributed by atoms with Crippen LogP contribution < -0.4 is 0 Å². The number of carbonyl (C=O) groups is 1. The molecule has 3 fully saturated rings. The van der Waals surface area contributed by atoms with Crippen molar-refractivity contribution in [2.24, 2.45) is 5.41 Å². The molecule has 0 aromatic rings. The van der Waals surface area contributed by atoms with Crippen LogP contribution >= 0.6 is 0 Å². The van der Waals surface area contributed by atoms with Crippen molar-refractivity contribution in [3.63, 3.8) is 0 Å². The molecule has 4 unspecified atom stereocenters. The number of hydrogen-bond acceptors (Lipinski definition) is 3. The first-order valence-electron chi connectivity index (χ1n) is 5.05. The molecule has 4 heteroatoms. The zero-order valence-electron chi connectivity index (χ0n) is 7.79. The number of carbonyl (C=O) groups excluding carboxylic acids is 1. The molecule has 4 atom stereocenters. The molecule has 3 aliphatic heterocycles. The third kappa shape index (κ3) is 0.853. The second kappa shape index (κ2) is 2.36. The molecule has 3 aliphatic rings. The third-order valence-electron chi connectivity index (χ3n) is 3.93. The Morgan fingerprint density at radius 2 is 2.38 bits per heavy atom. The van der Waals surface area contributed by atoms with Crippen molar-refractivity contribution in [3.05, 3.63) is 0 Å². The Balaban J connectivity index is 1.92. The fourth-order valence-corrected chi connectivity index (χ4v) is 3.86. The molecule has 0 aromatic carbocycles. The highest BCUT2D eigenvalue weighted by Gasteiger charge is 2.61. The monoisotopic (exact) mass is 198 g/mol. The summed E-state index contributed by atoms with van der Waals surface area (Å²) in [6.07, 6.45) is 3.50. The summed E-state index contributed by atoms with van der Waals surface area (Å²) in [5, 5.41) is 0. The lowest BCUT2D eigenvalue weighted by molar-refractivity contribution is -0.148. The van der Waals surface area contributed by atoms with E-state index in [1.807, 2.05) is 0 Å². The Kier molecular flexibility index (Phi) is 1.45. The molecule has 2 bridgehead atoms. The van der Waals surface area contributed by atoms with Crippen molar-refractivity contribution in [1.82, 2.24) is 0 Å². The van der Waals surface area contributed by atoms with Crippen LogP contribution in [0.5, 0.6) is 0 Å². The van der Waals surface area contributed by atoms with E-state index in [0.29, 0.717) is 12.7 Å². The highest BCUT2D eigenvalue weighted by molar-refractivity contribution is 6.12. The lowest BCUT2D eigenvalue weighted by Crippen LogP contribution is -2.37. The predicted octanol–water partition coefficient (Wildman–Crippen LogP) is -0.365. The number of cyclic esters (lactones) is 1. The summed E-state index contributed by atoms with van der Waals surface area (Å²) < 4.78 is 10.9. The van der Waals surface area contributed by atoms with Crippen molar-refractivity contribution in [2.75, 3.05) is 6.61 Å². The summed E-state index contributed by atoms with van der Waals surface area (Å²) in [5.41, 5.74) is 0.551. The first-order chi connectivity index (χ1) is 6.22. The summed E-state index contributed by atoms with van der Waals surface area (Å²) in [7, 11) is 1.20. The lowest BCUT2D eigenvalue weighted by atomic mass is 9.73. The molecule has 3 heterocycles. The molecule has 3 saturated heterocycles. The molecular formula is C9H14O3Si. The molecule has 0 aliphatic carbocycles. The van der Waals surface area contributed by atoms with Gasteiger partial charge in [0, 0.05) is 16.7 Å². The van der Waals surface area contributed by atoms with E-state index in [4.69, 9.17) is 9.47 Å². The van der Waals surface area contributed by atoms with Gasteiger partial charge in [0.2, 0.25) is 0 Å². The number of fused-ring (bicyclic) bond motifs is 3. The van der Waals surface area contributed by atoms with Crippen molar-refractivity contribution in [1.29, 1.82) is 0 Å². The first kappa shape index (κ1) is 8.00. The van der Waals surface area contributed by atoms with Gasteiger partial charge in [-0.3, -0.25) is 4.79 Å². The van der Waals surface area contributed by atoms with Gasteiger partial charge in [0.1, 0.15) is 0 Å². The smallest absolute Gasteiger partial charge is 0.314 e. The molecule has 0 saturated carbocycles. The minimum atomic E-state index is -0.217. The van der Waals surface area contributed by atoms with E-state index in [0.717, 1.165) is 24.8 Å². The van der Waals surface area contributed by atoms with E-state index < -0.39 is 0 Å². The van der Waals surface area contributed by atoms with Crippen LogP contribution in [-0.4, -0.2) is 35.0 Å². The first-order valence-corrected chi connectivity index (χ1v) is 6.20. The number of hydrogen-bond donors (Lipinski definition) is 0. The second-order valence-corrected chi connectivity index (χ2v) is 6.11. The molecule has 0 amide bonds. The molecule has 72 valence electrons. The van der Waals surface area contributed by atoms with Crippen molar-refractivity contribution in [3.8, 4) is 0 Å². The average Bonchev–Trinajstić information content (AvgIpc) is 2.70. The van der Waals surface area contributed by atoms with E-state index in [9.17, 15) is 4.79 Å². The molecule has 0 aromatic heterocycles. The number of ether oxygens (including phenoxy) is 2. The highest BCUT2D eigenvalue weighted by atomic mass is 28.1. The van der Waals surface area contributed by atoms with E-state index >= 15 is 0 Å². The number of rotatable bonds is 0. The molecule has 3 rings (SSSR count). The molecular weight excluding hydrogens is 184 g/mol. The average molecular weight is 198 g/mol. The van der Waals surface area contributed by atoms with Gasteiger partial charge in [0.05, 0.1) is 24.2 Å². The molecule has 1 spiro atoms. The van der Waals surface area contributed by atoms with Crippen LogP contribution in [0.2, 0.25) is 5.54 Å². The van der Waals surface area contributed by atoms with E-state index in [1.165, 1.54) is 10.2 Å². The SMILES string of the molecule is O=C1OCCC12CC1OC2CC1[SiH3]. The van der Waals surface area contributed by atoms with Gasteiger partial charge in [0.25, 0.3) is 0 Å². The normalized spacial score (nSPS) is 53.5.